The summed E-state index contributed by atoms with van der Waals surface area (Å²) in [5, 5.41) is 11.1. The van der Waals surface area contributed by atoms with Crippen LogP contribution < -0.4 is 10.1 Å². The maximum atomic E-state index is 12.8. The van der Waals surface area contributed by atoms with Gasteiger partial charge in [0.1, 0.15) is 23.9 Å². The monoisotopic (exact) mass is 461 g/mol. The fraction of sp³-hybridized carbons (Fsp3) is 0.250. The Bertz CT molecular complexity index is 1100. The molecule has 0 aliphatic carbocycles. The normalized spacial score (nSPS) is 11.3. The summed E-state index contributed by atoms with van der Waals surface area (Å²) in [5.41, 5.74) is 0.941. The molecule has 0 bridgehead atoms. The fourth-order valence-electron chi connectivity index (χ4n) is 3.10. The lowest BCUT2D eigenvalue weighted by Crippen LogP contribution is -2.25. The second-order valence-electron chi connectivity index (χ2n) is 7.20. The number of carbonyl (C=O) groups excluding carboxylic acids is 1. The van der Waals surface area contributed by atoms with Crippen molar-refractivity contribution in [1.29, 1.82) is 0 Å². The molecule has 174 valence electrons. The van der Waals surface area contributed by atoms with Crippen LogP contribution in [-0.4, -0.2) is 23.5 Å². The molecule has 2 N–H and O–H groups in total. The first-order chi connectivity index (χ1) is 15.7. The van der Waals surface area contributed by atoms with Gasteiger partial charge in [-0.3, -0.25) is 9.59 Å². The fourth-order valence-corrected chi connectivity index (χ4v) is 3.10. The first-order valence-corrected chi connectivity index (χ1v) is 10.2. The maximum Gasteiger partial charge on any atom is 0.416 e. The molecule has 1 heterocycles. The third-order valence-corrected chi connectivity index (χ3v) is 4.85. The second-order valence-corrected chi connectivity index (χ2v) is 7.20. The molecule has 9 heteroatoms. The molecule has 0 atom stereocenters. The number of aliphatic carboxylic acids is 1. The van der Waals surface area contributed by atoms with Crippen LogP contribution in [0.15, 0.2) is 59.0 Å². The highest BCUT2D eigenvalue weighted by atomic mass is 19.4. The molecule has 3 rings (SSSR count). The van der Waals surface area contributed by atoms with Gasteiger partial charge in [-0.2, -0.15) is 13.2 Å². The number of rotatable bonds is 9. The van der Waals surface area contributed by atoms with E-state index >= 15 is 0 Å². The summed E-state index contributed by atoms with van der Waals surface area (Å²) in [5.74, 6) is 0.251. The summed E-state index contributed by atoms with van der Waals surface area (Å²) in [6, 6.07) is 12.9. The average molecular weight is 461 g/mol. The van der Waals surface area contributed by atoms with E-state index in [4.69, 9.17) is 14.3 Å². The van der Waals surface area contributed by atoms with Crippen LogP contribution in [0.2, 0.25) is 0 Å². The molecule has 0 fully saturated rings. The Labute approximate surface area is 188 Å². The number of carboxylic acid groups (broad SMARTS) is 1. The van der Waals surface area contributed by atoms with Gasteiger partial charge >= 0.3 is 12.1 Å². The molecule has 0 aliphatic heterocycles. The van der Waals surface area contributed by atoms with E-state index in [1.807, 2.05) is 6.92 Å². The van der Waals surface area contributed by atoms with Crippen molar-refractivity contribution in [2.45, 2.75) is 32.5 Å². The van der Waals surface area contributed by atoms with Crippen molar-refractivity contribution in [1.82, 2.24) is 5.32 Å². The quantitative estimate of drug-likeness (QED) is 0.451. The number of aryl methyl sites for hydroxylation is 1. The first kappa shape index (κ1) is 23.9. The first-order valence-electron chi connectivity index (χ1n) is 10.2. The number of furan rings is 1. The largest absolute Gasteiger partial charge is 0.489 e. The number of carbonyl (C=O) groups is 2. The van der Waals surface area contributed by atoms with Gasteiger partial charge in [0.2, 0.25) is 0 Å². The highest BCUT2D eigenvalue weighted by Crippen LogP contribution is 2.32. The molecule has 3 aromatic rings. The average Bonchev–Trinajstić information content (AvgIpc) is 3.20. The SMILES string of the molecule is CCc1oc(-c2ccc(C(F)(F)F)cc2)cc1COc1ccc(C(=O)NCCC(=O)O)cc1. The van der Waals surface area contributed by atoms with E-state index in [1.165, 1.54) is 12.1 Å². The Balaban J connectivity index is 1.64. The minimum atomic E-state index is -4.40. The molecule has 33 heavy (non-hydrogen) atoms. The minimum Gasteiger partial charge on any atom is -0.489 e. The van der Waals surface area contributed by atoms with E-state index in [9.17, 15) is 22.8 Å². The van der Waals surface area contributed by atoms with Gasteiger partial charge in [0.05, 0.1) is 12.0 Å². The highest BCUT2D eigenvalue weighted by molar-refractivity contribution is 5.94. The van der Waals surface area contributed by atoms with Crippen LogP contribution in [0.4, 0.5) is 13.2 Å². The molecule has 0 aliphatic rings. The number of nitrogens with one attached hydrogen (secondary N) is 1. The number of ether oxygens (including phenoxy) is 1. The molecule has 0 radical (unpaired) electrons. The third kappa shape index (κ3) is 6.38. The predicted octanol–water partition coefficient (Wildman–Crippen LogP) is 5.31. The number of hydrogen-bond donors (Lipinski definition) is 2. The summed E-state index contributed by atoms with van der Waals surface area (Å²) in [4.78, 5) is 22.5. The van der Waals surface area contributed by atoms with E-state index in [-0.39, 0.29) is 25.5 Å². The van der Waals surface area contributed by atoms with E-state index in [1.54, 1.807) is 30.3 Å². The molecule has 1 aromatic heterocycles. The van der Waals surface area contributed by atoms with Gasteiger partial charge in [-0.1, -0.05) is 19.1 Å². The number of halogens is 3. The Morgan fingerprint density at radius 2 is 1.73 bits per heavy atom. The molecule has 0 unspecified atom stereocenters. The second kappa shape index (κ2) is 10.2. The third-order valence-electron chi connectivity index (χ3n) is 4.85. The van der Waals surface area contributed by atoms with Crippen molar-refractivity contribution in [3.8, 4) is 17.1 Å². The van der Waals surface area contributed by atoms with Gasteiger partial charge in [-0.15, -0.1) is 0 Å². The lowest BCUT2D eigenvalue weighted by molar-refractivity contribution is -0.138. The zero-order valence-electron chi connectivity index (χ0n) is 17.7. The van der Waals surface area contributed by atoms with Crippen molar-refractivity contribution >= 4 is 11.9 Å². The molecule has 6 nitrogen and oxygen atoms in total. The minimum absolute atomic E-state index is 0.0357. The molecular weight excluding hydrogens is 439 g/mol. The Morgan fingerprint density at radius 1 is 1.06 bits per heavy atom. The van der Waals surface area contributed by atoms with Gasteiger partial charge < -0.3 is 19.6 Å². The number of benzene rings is 2. The maximum absolute atomic E-state index is 12.8. The zero-order chi connectivity index (χ0) is 24.0. The molecule has 0 saturated carbocycles. The van der Waals surface area contributed by atoms with Crippen molar-refractivity contribution < 1.29 is 37.0 Å². The highest BCUT2D eigenvalue weighted by Gasteiger charge is 2.30. The van der Waals surface area contributed by atoms with Gasteiger partial charge in [0.25, 0.3) is 5.91 Å². The number of alkyl halides is 3. The summed E-state index contributed by atoms with van der Waals surface area (Å²) in [6.45, 7) is 2.11. The summed E-state index contributed by atoms with van der Waals surface area (Å²) in [7, 11) is 0. The van der Waals surface area contributed by atoms with Crippen LogP contribution in [0, 0.1) is 0 Å². The smallest absolute Gasteiger partial charge is 0.416 e. The van der Waals surface area contributed by atoms with Crippen LogP contribution in [-0.2, 0) is 24.0 Å². The molecule has 1 amide bonds. The lowest BCUT2D eigenvalue weighted by Gasteiger charge is -2.07. The van der Waals surface area contributed by atoms with Crippen LogP contribution in [0.5, 0.6) is 5.75 Å². The van der Waals surface area contributed by atoms with Crippen LogP contribution in [0.1, 0.15) is 40.6 Å². The Kier molecular flexibility index (Phi) is 7.42. The summed E-state index contributed by atoms with van der Waals surface area (Å²) < 4.78 is 49.9. The standard InChI is InChI=1S/C24H22F3NO5/c1-2-20-17(13-21(33-20)15-3-7-18(8-4-15)24(25,26)27)14-32-19-9-5-16(6-10-19)23(31)28-12-11-22(29)30/h3-10,13H,2,11-12,14H2,1H3,(H,28,31)(H,29,30). The van der Waals surface area contributed by atoms with Gasteiger partial charge in [-0.05, 0) is 42.5 Å². The lowest BCUT2D eigenvalue weighted by atomic mass is 10.1. The molecule has 0 spiro atoms. The van der Waals surface area contributed by atoms with E-state index in [2.05, 4.69) is 5.32 Å². The number of amides is 1. The Morgan fingerprint density at radius 3 is 2.30 bits per heavy atom. The molecule has 2 aromatic carbocycles. The topological polar surface area (TPSA) is 88.8 Å². The predicted molar refractivity (Wildman–Crippen MR) is 114 cm³/mol. The van der Waals surface area contributed by atoms with E-state index in [0.29, 0.717) is 34.8 Å². The number of hydrogen-bond acceptors (Lipinski definition) is 4. The van der Waals surface area contributed by atoms with Gasteiger partial charge in [-0.25, -0.2) is 0 Å². The number of carboxylic acids is 1. The van der Waals surface area contributed by atoms with Gasteiger partial charge in [0, 0.05) is 29.7 Å². The Hall–Kier alpha value is -3.75. The van der Waals surface area contributed by atoms with Crippen molar-refractivity contribution in [3.63, 3.8) is 0 Å². The van der Waals surface area contributed by atoms with Crippen LogP contribution in [0.25, 0.3) is 11.3 Å². The molecule has 0 saturated heterocycles. The van der Waals surface area contributed by atoms with Gasteiger partial charge in [0.15, 0.2) is 0 Å². The van der Waals surface area contributed by atoms with Crippen LogP contribution in [0.3, 0.4) is 0 Å². The van der Waals surface area contributed by atoms with Crippen molar-refractivity contribution in [2.75, 3.05) is 6.54 Å². The van der Waals surface area contributed by atoms with Crippen molar-refractivity contribution in [2.24, 2.45) is 0 Å². The van der Waals surface area contributed by atoms with E-state index in [0.717, 1.165) is 17.7 Å². The van der Waals surface area contributed by atoms with Crippen LogP contribution >= 0.6 is 0 Å². The zero-order valence-corrected chi connectivity index (χ0v) is 17.7. The molecular formula is C24H22F3NO5. The summed E-state index contributed by atoms with van der Waals surface area (Å²) in [6.07, 6.45) is -3.98. The van der Waals surface area contributed by atoms with E-state index < -0.39 is 17.7 Å². The summed E-state index contributed by atoms with van der Waals surface area (Å²) >= 11 is 0. The van der Waals surface area contributed by atoms with Crippen molar-refractivity contribution in [3.05, 3.63) is 77.0 Å².